The maximum Gasteiger partial charge on any atom is 0.220 e. The summed E-state index contributed by atoms with van der Waals surface area (Å²) in [5.74, 6) is 0.549. The van der Waals surface area contributed by atoms with Crippen LogP contribution in [0.4, 0.5) is 0 Å². The lowest BCUT2D eigenvalue weighted by atomic mass is 10.1. The molecule has 4 heteroatoms. The van der Waals surface area contributed by atoms with Crippen molar-refractivity contribution in [3.63, 3.8) is 0 Å². The highest BCUT2D eigenvalue weighted by Gasteiger charge is 2.13. The Morgan fingerprint density at radius 3 is 3.27 bits per heavy atom. The SMILES string of the molecule is O=C(CC1C=CCC1)NCc1cnc[nH]1. The summed E-state index contributed by atoms with van der Waals surface area (Å²) in [6.07, 6.45) is 10.4. The Bertz CT molecular complexity index is 343. The number of carbonyl (C=O) groups excluding carboxylic acids is 1. The average molecular weight is 205 g/mol. The monoisotopic (exact) mass is 205 g/mol. The number of allylic oxidation sites excluding steroid dienone is 2. The van der Waals surface area contributed by atoms with Crippen molar-refractivity contribution in [2.75, 3.05) is 0 Å². The van der Waals surface area contributed by atoms with Crippen molar-refractivity contribution >= 4 is 5.91 Å². The number of nitrogens with zero attached hydrogens (tertiary/aromatic N) is 1. The molecule has 1 aliphatic rings. The lowest BCUT2D eigenvalue weighted by Crippen LogP contribution is -2.24. The first-order chi connectivity index (χ1) is 7.34. The molecule has 0 aliphatic heterocycles. The van der Waals surface area contributed by atoms with E-state index in [2.05, 4.69) is 27.4 Å². The van der Waals surface area contributed by atoms with Crippen LogP contribution in [0.25, 0.3) is 0 Å². The Kier molecular flexibility index (Phi) is 3.17. The molecule has 1 atom stereocenters. The van der Waals surface area contributed by atoms with Crippen molar-refractivity contribution in [1.29, 1.82) is 0 Å². The lowest BCUT2D eigenvalue weighted by Gasteiger charge is -2.07. The van der Waals surface area contributed by atoms with Gasteiger partial charge in [0.15, 0.2) is 0 Å². The number of carbonyl (C=O) groups is 1. The molecule has 1 aromatic rings. The molecule has 4 nitrogen and oxygen atoms in total. The summed E-state index contributed by atoms with van der Waals surface area (Å²) in [6, 6.07) is 0. The van der Waals surface area contributed by atoms with Crippen LogP contribution in [0, 0.1) is 5.92 Å². The quantitative estimate of drug-likeness (QED) is 0.730. The van der Waals surface area contributed by atoms with E-state index in [0.29, 0.717) is 18.9 Å². The van der Waals surface area contributed by atoms with Crippen LogP contribution < -0.4 is 5.32 Å². The van der Waals surface area contributed by atoms with Gasteiger partial charge in [-0.05, 0) is 18.8 Å². The number of imidazole rings is 1. The van der Waals surface area contributed by atoms with Crippen molar-refractivity contribution in [3.8, 4) is 0 Å². The first-order valence-corrected chi connectivity index (χ1v) is 5.25. The highest BCUT2D eigenvalue weighted by molar-refractivity contribution is 5.76. The number of H-pyrrole nitrogens is 1. The van der Waals surface area contributed by atoms with Crippen LogP contribution in [0.2, 0.25) is 0 Å². The van der Waals surface area contributed by atoms with Gasteiger partial charge in [-0.2, -0.15) is 0 Å². The van der Waals surface area contributed by atoms with Crippen LogP contribution in [0.15, 0.2) is 24.7 Å². The van der Waals surface area contributed by atoms with Gasteiger partial charge in [-0.1, -0.05) is 12.2 Å². The normalized spacial score (nSPS) is 19.3. The predicted octanol–water partition coefficient (Wildman–Crippen LogP) is 1.38. The number of hydrogen-bond donors (Lipinski definition) is 2. The zero-order valence-electron chi connectivity index (χ0n) is 8.57. The van der Waals surface area contributed by atoms with Crippen LogP contribution in [0.5, 0.6) is 0 Å². The van der Waals surface area contributed by atoms with E-state index in [-0.39, 0.29) is 5.91 Å². The largest absolute Gasteiger partial charge is 0.350 e. The molecule has 1 aliphatic carbocycles. The van der Waals surface area contributed by atoms with Crippen LogP contribution in [0.1, 0.15) is 25.0 Å². The summed E-state index contributed by atoms with van der Waals surface area (Å²) in [5, 5.41) is 2.87. The number of nitrogens with one attached hydrogen (secondary N) is 2. The fraction of sp³-hybridized carbons (Fsp3) is 0.455. The maximum atomic E-state index is 11.5. The smallest absolute Gasteiger partial charge is 0.220 e. The van der Waals surface area contributed by atoms with Gasteiger partial charge in [0.25, 0.3) is 0 Å². The van der Waals surface area contributed by atoms with Gasteiger partial charge in [-0.25, -0.2) is 4.98 Å². The second-order valence-corrected chi connectivity index (χ2v) is 3.82. The van der Waals surface area contributed by atoms with Crippen molar-refractivity contribution in [3.05, 3.63) is 30.4 Å². The number of amides is 1. The molecular weight excluding hydrogens is 190 g/mol. The molecule has 15 heavy (non-hydrogen) atoms. The molecule has 2 N–H and O–H groups in total. The minimum atomic E-state index is 0.112. The minimum absolute atomic E-state index is 0.112. The van der Waals surface area contributed by atoms with Crippen LogP contribution in [-0.2, 0) is 11.3 Å². The molecule has 1 unspecified atom stereocenters. The molecule has 80 valence electrons. The van der Waals surface area contributed by atoms with Gasteiger partial charge in [0.1, 0.15) is 0 Å². The summed E-state index contributed by atoms with van der Waals surface area (Å²) < 4.78 is 0. The van der Waals surface area contributed by atoms with Crippen LogP contribution >= 0.6 is 0 Å². The second-order valence-electron chi connectivity index (χ2n) is 3.82. The van der Waals surface area contributed by atoms with E-state index in [4.69, 9.17) is 0 Å². The summed E-state index contributed by atoms with van der Waals surface area (Å²) >= 11 is 0. The van der Waals surface area contributed by atoms with Gasteiger partial charge in [-0.3, -0.25) is 4.79 Å². The first-order valence-electron chi connectivity index (χ1n) is 5.25. The molecule has 2 rings (SSSR count). The molecule has 0 radical (unpaired) electrons. The Hall–Kier alpha value is -1.58. The molecule has 0 spiro atoms. The topological polar surface area (TPSA) is 57.8 Å². The minimum Gasteiger partial charge on any atom is -0.350 e. The second kappa shape index (κ2) is 4.77. The summed E-state index contributed by atoms with van der Waals surface area (Å²) in [4.78, 5) is 18.3. The zero-order chi connectivity index (χ0) is 10.5. The molecular formula is C11H15N3O. The summed E-state index contributed by atoms with van der Waals surface area (Å²) in [5.41, 5.74) is 0.935. The van der Waals surface area contributed by atoms with E-state index in [1.807, 2.05) is 0 Å². The van der Waals surface area contributed by atoms with E-state index in [0.717, 1.165) is 18.5 Å². The highest BCUT2D eigenvalue weighted by Crippen LogP contribution is 2.19. The van der Waals surface area contributed by atoms with Crippen molar-refractivity contribution in [2.45, 2.75) is 25.8 Å². The number of aromatic amines is 1. The van der Waals surface area contributed by atoms with Crippen LogP contribution in [-0.4, -0.2) is 15.9 Å². The van der Waals surface area contributed by atoms with Gasteiger partial charge in [0, 0.05) is 12.6 Å². The summed E-state index contributed by atoms with van der Waals surface area (Å²) in [7, 11) is 0. The fourth-order valence-electron chi connectivity index (χ4n) is 1.75. The number of rotatable bonds is 4. The Labute approximate surface area is 88.8 Å². The Balaban J connectivity index is 1.70. The molecule has 0 bridgehead atoms. The lowest BCUT2D eigenvalue weighted by molar-refractivity contribution is -0.121. The van der Waals surface area contributed by atoms with Gasteiger partial charge >= 0.3 is 0 Å². The van der Waals surface area contributed by atoms with Gasteiger partial charge in [0.2, 0.25) is 5.91 Å². The van der Waals surface area contributed by atoms with Crippen molar-refractivity contribution in [1.82, 2.24) is 15.3 Å². The molecule has 1 aromatic heterocycles. The van der Waals surface area contributed by atoms with Crippen molar-refractivity contribution < 1.29 is 4.79 Å². The number of hydrogen-bond acceptors (Lipinski definition) is 2. The van der Waals surface area contributed by atoms with Gasteiger partial charge in [-0.15, -0.1) is 0 Å². The van der Waals surface area contributed by atoms with E-state index >= 15 is 0 Å². The molecule has 0 fully saturated rings. The average Bonchev–Trinajstić information content (AvgIpc) is 2.86. The molecule has 0 aromatic carbocycles. The van der Waals surface area contributed by atoms with Crippen LogP contribution in [0.3, 0.4) is 0 Å². The van der Waals surface area contributed by atoms with Crippen molar-refractivity contribution in [2.24, 2.45) is 5.92 Å². The van der Waals surface area contributed by atoms with Gasteiger partial charge < -0.3 is 10.3 Å². The summed E-state index contributed by atoms with van der Waals surface area (Å²) in [6.45, 7) is 0.537. The maximum absolute atomic E-state index is 11.5. The standard InChI is InChI=1S/C11H15N3O/c15-11(5-9-3-1-2-4-9)13-7-10-6-12-8-14-10/h1,3,6,8-9H,2,4-5,7H2,(H,12,14)(H,13,15). The van der Waals surface area contributed by atoms with E-state index in [1.54, 1.807) is 12.5 Å². The third-order valence-corrected chi connectivity index (χ3v) is 2.59. The number of aromatic nitrogens is 2. The van der Waals surface area contributed by atoms with E-state index < -0.39 is 0 Å². The first kappa shape index (κ1) is 9.96. The van der Waals surface area contributed by atoms with Gasteiger partial charge in [0.05, 0.1) is 18.6 Å². The molecule has 0 saturated carbocycles. The Morgan fingerprint density at radius 1 is 1.67 bits per heavy atom. The zero-order valence-corrected chi connectivity index (χ0v) is 8.57. The molecule has 1 amide bonds. The third-order valence-electron chi connectivity index (χ3n) is 2.59. The molecule has 0 saturated heterocycles. The molecule has 1 heterocycles. The predicted molar refractivity (Wildman–Crippen MR) is 56.9 cm³/mol. The van der Waals surface area contributed by atoms with E-state index in [1.165, 1.54) is 0 Å². The van der Waals surface area contributed by atoms with E-state index in [9.17, 15) is 4.79 Å². The fourth-order valence-corrected chi connectivity index (χ4v) is 1.75. The Morgan fingerprint density at radius 2 is 2.60 bits per heavy atom. The highest BCUT2D eigenvalue weighted by atomic mass is 16.1. The third kappa shape index (κ3) is 2.94.